The Balaban J connectivity index is 1.79. The highest BCUT2D eigenvalue weighted by Crippen LogP contribution is 2.47. The number of hydrogen-bond donors (Lipinski definition) is 1. The van der Waals surface area contributed by atoms with E-state index in [0.717, 1.165) is 23.2 Å². The molecule has 0 radical (unpaired) electrons. The fourth-order valence-electron chi connectivity index (χ4n) is 4.55. The summed E-state index contributed by atoms with van der Waals surface area (Å²) in [5.74, 6) is 0.732. The van der Waals surface area contributed by atoms with Gasteiger partial charge in [-0.15, -0.1) is 0 Å². The Bertz CT molecular complexity index is 1220. The number of Topliss-reactive ketones (excluding diaryl/α,β-unsaturated/α-hetero) is 1. The highest BCUT2D eigenvalue weighted by atomic mass is 16.6. The van der Waals surface area contributed by atoms with Gasteiger partial charge in [-0.1, -0.05) is 38.1 Å². The first-order valence-corrected chi connectivity index (χ1v) is 9.59. The van der Waals surface area contributed by atoms with Crippen molar-refractivity contribution in [2.45, 2.75) is 32.7 Å². The highest BCUT2D eigenvalue weighted by Gasteiger charge is 2.41. The third-order valence-electron chi connectivity index (χ3n) is 5.71. The maximum atomic E-state index is 13.2. The van der Waals surface area contributed by atoms with Crippen LogP contribution in [0.1, 0.15) is 38.3 Å². The lowest BCUT2D eigenvalue weighted by Gasteiger charge is -2.39. The van der Waals surface area contributed by atoms with E-state index in [1.807, 2.05) is 34.9 Å². The summed E-state index contributed by atoms with van der Waals surface area (Å²) in [4.78, 5) is 28.9. The standard InChI is InChI=1S/C22H20N4O3/c1-22(2)11-16-19(18(27)12-22)20(13-6-5-7-14(10-13)26(28)29)25-17-9-4-3-8-15(17)23-21(25)24-16/h3-10,20H,11-12H2,1-2H3,(H,23,24). The van der Waals surface area contributed by atoms with Crippen molar-refractivity contribution in [2.75, 3.05) is 5.32 Å². The summed E-state index contributed by atoms with van der Waals surface area (Å²) in [7, 11) is 0. The van der Waals surface area contributed by atoms with E-state index in [2.05, 4.69) is 19.2 Å². The number of allylic oxidation sites excluding steroid dienone is 2. The van der Waals surface area contributed by atoms with Crippen LogP contribution in [0.5, 0.6) is 0 Å². The Morgan fingerprint density at radius 1 is 1.17 bits per heavy atom. The molecule has 2 heterocycles. The zero-order valence-corrected chi connectivity index (χ0v) is 16.2. The minimum absolute atomic E-state index is 0.0118. The predicted octanol–water partition coefficient (Wildman–Crippen LogP) is 4.60. The number of hydrogen-bond acceptors (Lipinski definition) is 5. The van der Waals surface area contributed by atoms with Crippen molar-refractivity contribution >= 4 is 28.5 Å². The van der Waals surface area contributed by atoms with E-state index in [-0.39, 0.29) is 16.9 Å². The molecule has 3 aromatic rings. The van der Waals surface area contributed by atoms with E-state index in [0.29, 0.717) is 23.5 Å². The van der Waals surface area contributed by atoms with Gasteiger partial charge in [0.15, 0.2) is 5.78 Å². The zero-order chi connectivity index (χ0) is 20.3. The largest absolute Gasteiger partial charge is 0.329 e. The Hall–Kier alpha value is -3.48. The molecule has 1 aromatic heterocycles. The van der Waals surface area contributed by atoms with Crippen molar-refractivity contribution in [1.29, 1.82) is 0 Å². The van der Waals surface area contributed by atoms with Crippen LogP contribution in [0.25, 0.3) is 11.0 Å². The van der Waals surface area contributed by atoms with E-state index < -0.39 is 11.0 Å². The number of para-hydroxylation sites is 2. The van der Waals surface area contributed by atoms with Crippen molar-refractivity contribution in [3.05, 3.63) is 75.5 Å². The lowest BCUT2D eigenvalue weighted by atomic mass is 9.73. The van der Waals surface area contributed by atoms with Crippen LogP contribution >= 0.6 is 0 Å². The van der Waals surface area contributed by atoms with E-state index >= 15 is 0 Å². The first-order chi connectivity index (χ1) is 13.8. The van der Waals surface area contributed by atoms with Crippen LogP contribution in [-0.2, 0) is 4.79 Å². The summed E-state index contributed by atoms with van der Waals surface area (Å²) in [6, 6.07) is 13.8. The van der Waals surface area contributed by atoms with Crippen LogP contribution in [0, 0.1) is 15.5 Å². The molecule has 1 unspecified atom stereocenters. The molecule has 0 amide bonds. The number of carbonyl (C=O) groups is 1. The van der Waals surface area contributed by atoms with E-state index in [1.165, 1.54) is 6.07 Å². The third-order valence-corrected chi connectivity index (χ3v) is 5.71. The first kappa shape index (κ1) is 17.6. The fraction of sp³-hybridized carbons (Fsp3) is 0.273. The molecule has 5 rings (SSSR count). The molecule has 7 heteroatoms. The highest BCUT2D eigenvalue weighted by molar-refractivity contribution is 6.01. The number of carbonyl (C=O) groups excluding carboxylic acids is 1. The fourth-order valence-corrected chi connectivity index (χ4v) is 4.55. The van der Waals surface area contributed by atoms with Gasteiger partial charge in [0.2, 0.25) is 5.95 Å². The van der Waals surface area contributed by atoms with Crippen LogP contribution in [-0.4, -0.2) is 20.3 Å². The maximum Gasteiger partial charge on any atom is 0.269 e. The van der Waals surface area contributed by atoms with Gasteiger partial charge >= 0.3 is 0 Å². The van der Waals surface area contributed by atoms with Crippen molar-refractivity contribution in [3.63, 3.8) is 0 Å². The molecule has 1 N–H and O–H groups in total. The zero-order valence-electron chi connectivity index (χ0n) is 16.2. The number of anilines is 1. The number of non-ortho nitro benzene ring substituents is 1. The van der Waals surface area contributed by atoms with Gasteiger partial charge in [0, 0.05) is 29.8 Å². The van der Waals surface area contributed by atoms with Crippen molar-refractivity contribution in [1.82, 2.24) is 9.55 Å². The van der Waals surface area contributed by atoms with Crippen LogP contribution in [0.4, 0.5) is 11.6 Å². The van der Waals surface area contributed by atoms with Crippen molar-refractivity contribution < 1.29 is 9.72 Å². The van der Waals surface area contributed by atoms with Gasteiger partial charge in [-0.25, -0.2) is 4.98 Å². The predicted molar refractivity (Wildman–Crippen MR) is 110 cm³/mol. The van der Waals surface area contributed by atoms with Gasteiger partial charge < -0.3 is 5.32 Å². The summed E-state index contributed by atoms with van der Waals surface area (Å²) >= 11 is 0. The average Bonchev–Trinajstić information content (AvgIpc) is 3.03. The summed E-state index contributed by atoms with van der Waals surface area (Å²) in [6.07, 6.45) is 1.17. The molecule has 2 aromatic carbocycles. The topological polar surface area (TPSA) is 90.1 Å². The normalized spacial score (nSPS) is 20.2. The van der Waals surface area contributed by atoms with Crippen LogP contribution < -0.4 is 5.32 Å². The number of nitrogens with zero attached hydrogens (tertiary/aromatic N) is 3. The molecule has 0 saturated heterocycles. The van der Waals surface area contributed by atoms with Crippen LogP contribution in [0.3, 0.4) is 0 Å². The van der Waals surface area contributed by atoms with Crippen molar-refractivity contribution in [2.24, 2.45) is 5.41 Å². The van der Waals surface area contributed by atoms with Crippen LogP contribution in [0.2, 0.25) is 0 Å². The Labute approximate surface area is 167 Å². The Kier molecular flexibility index (Phi) is 3.65. The molecule has 0 saturated carbocycles. The molecule has 0 spiro atoms. The number of ketones is 1. The molecular weight excluding hydrogens is 368 g/mol. The minimum Gasteiger partial charge on any atom is -0.329 e. The Morgan fingerprint density at radius 3 is 2.76 bits per heavy atom. The van der Waals surface area contributed by atoms with Gasteiger partial charge in [0.05, 0.1) is 22.0 Å². The summed E-state index contributed by atoms with van der Waals surface area (Å²) in [5, 5.41) is 14.8. The molecule has 29 heavy (non-hydrogen) atoms. The monoisotopic (exact) mass is 388 g/mol. The number of rotatable bonds is 2. The quantitative estimate of drug-likeness (QED) is 0.512. The van der Waals surface area contributed by atoms with Gasteiger partial charge in [-0.3, -0.25) is 19.5 Å². The van der Waals surface area contributed by atoms with Gasteiger partial charge in [0.1, 0.15) is 0 Å². The number of aromatic nitrogens is 2. The molecule has 7 nitrogen and oxygen atoms in total. The van der Waals surface area contributed by atoms with Crippen LogP contribution in [0.15, 0.2) is 59.8 Å². The number of imidazole rings is 1. The summed E-state index contributed by atoms with van der Waals surface area (Å²) in [6.45, 7) is 4.16. The van der Waals surface area contributed by atoms with Gasteiger partial charge in [-0.2, -0.15) is 0 Å². The maximum absolute atomic E-state index is 13.2. The number of fused-ring (bicyclic) bond motifs is 3. The van der Waals surface area contributed by atoms with Crippen molar-refractivity contribution in [3.8, 4) is 0 Å². The minimum atomic E-state index is -0.447. The SMILES string of the molecule is CC1(C)CC(=O)C2=C(C1)Nc1nc3ccccc3n1C2c1cccc([N+](=O)[O-])c1. The number of nitrogens with one attached hydrogen (secondary N) is 1. The van der Waals surface area contributed by atoms with E-state index in [1.54, 1.807) is 12.1 Å². The first-order valence-electron chi connectivity index (χ1n) is 9.59. The molecule has 1 atom stereocenters. The molecule has 1 aliphatic heterocycles. The number of nitro benzene ring substituents is 1. The smallest absolute Gasteiger partial charge is 0.269 e. The third kappa shape index (κ3) is 2.73. The number of nitro groups is 1. The Morgan fingerprint density at radius 2 is 1.97 bits per heavy atom. The molecule has 0 fully saturated rings. The molecule has 1 aliphatic carbocycles. The molecule has 2 aliphatic rings. The van der Waals surface area contributed by atoms with E-state index in [4.69, 9.17) is 4.98 Å². The van der Waals surface area contributed by atoms with Gasteiger partial charge in [-0.05, 0) is 29.5 Å². The average molecular weight is 388 g/mol. The number of benzene rings is 2. The molecular formula is C22H20N4O3. The second-order valence-electron chi connectivity index (χ2n) is 8.51. The molecule has 146 valence electrons. The van der Waals surface area contributed by atoms with E-state index in [9.17, 15) is 14.9 Å². The van der Waals surface area contributed by atoms with Gasteiger partial charge in [0.25, 0.3) is 5.69 Å². The second kappa shape index (κ2) is 6.01. The molecule has 0 bridgehead atoms. The lowest BCUT2D eigenvalue weighted by Crippen LogP contribution is -2.36. The lowest BCUT2D eigenvalue weighted by molar-refractivity contribution is -0.384. The summed E-state index contributed by atoms with van der Waals surface area (Å²) in [5.41, 5.74) is 3.83. The second-order valence-corrected chi connectivity index (χ2v) is 8.51. The summed E-state index contributed by atoms with van der Waals surface area (Å²) < 4.78 is 1.99.